The number of anilines is 2. The van der Waals surface area contributed by atoms with Crippen molar-refractivity contribution >= 4 is 22.8 Å². The van der Waals surface area contributed by atoms with E-state index in [0.29, 0.717) is 43.8 Å². The molecule has 1 aromatic carbocycles. The molecule has 0 bridgehead atoms. The van der Waals surface area contributed by atoms with Crippen LogP contribution in [-0.2, 0) is 9.47 Å². The molecule has 2 fully saturated rings. The second-order valence-corrected chi connectivity index (χ2v) is 6.84. The number of nitrogens with zero attached hydrogens (tertiary/aromatic N) is 6. The highest BCUT2D eigenvalue weighted by Gasteiger charge is 2.22. The first-order chi connectivity index (χ1) is 13.9. The Morgan fingerprint density at radius 2 is 1.43 bits per heavy atom. The van der Waals surface area contributed by atoms with Gasteiger partial charge in [-0.05, 0) is 0 Å². The number of benzene rings is 1. The summed E-state index contributed by atoms with van der Waals surface area (Å²) in [5, 5.41) is 0.874. The standard InChI is InChI=1S/C20H22N6O2/c1-2-4-15(5-3-1)17-21-14-16-18(22-17)23-20(26-8-12-28-13-9-26)24-19(16)25-6-10-27-11-7-25/h1-5,14H,6-13H2. The van der Waals surface area contributed by atoms with Crippen molar-refractivity contribution in [2.45, 2.75) is 0 Å². The molecule has 144 valence electrons. The maximum atomic E-state index is 5.51. The molecule has 8 heteroatoms. The molecule has 3 aromatic rings. The molecule has 4 heterocycles. The zero-order chi connectivity index (χ0) is 18.8. The number of aromatic nitrogens is 4. The number of ether oxygens (including phenoxy) is 2. The predicted octanol–water partition coefficient (Wildman–Crippen LogP) is 1.76. The van der Waals surface area contributed by atoms with Gasteiger partial charge in [0.15, 0.2) is 11.5 Å². The highest BCUT2D eigenvalue weighted by atomic mass is 16.5. The Morgan fingerprint density at radius 1 is 0.750 bits per heavy atom. The number of hydrogen-bond donors (Lipinski definition) is 0. The van der Waals surface area contributed by atoms with Crippen molar-refractivity contribution in [3.05, 3.63) is 36.5 Å². The molecule has 0 atom stereocenters. The second-order valence-electron chi connectivity index (χ2n) is 6.84. The first-order valence-corrected chi connectivity index (χ1v) is 9.64. The van der Waals surface area contributed by atoms with Crippen LogP contribution in [0.15, 0.2) is 36.5 Å². The van der Waals surface area contributed by atoms with E-state index < -0.39 is 0 Å². The summed E-state index contributed by atoms with van der Waals surface area (Å²) in [6.45, 7) is 5.93. The molecule has 0 spiro atoms. The zero-order valence-corrected chi connectivity index (χ0v) is 15.6. The maximum Gasteiger partial charge on any atom is 0.229 e. The molecule has 0 amide bonds. The quantitative estimate of drug-likeness (QED) is 0.682. The SMILES string of the molecule is c1ccc(-c2ncc3c(N4CCOCC4)nc(N4CCOCC4)nc3n2)cc1. The van der Waals surface area contributed by atoms with Gasteiger partial charge in [-0.15, -0.1) is 0 Å². The molecule has 2 saturated heterocycles. The monoisotopic (exact) mass is 378 g/mol. The summed E-state index contributed by atoms with van der Waals surface area (Å²) in [7, 11) is 0. The third-order valence-electron chi connectivity index (χ3n) is 5.06. The molecule has 0 unspecified atom stereocenters. The van der Waals surface area contributed by atoms with Crippen LogP contribution >= 0.6 is 0 Å². The number of rotatable bonds is 3. The van der Waals surface area contributed by atoms with Gasteiger partial charge in [-0.2, -0.15) is 9.97 Å². The van der Waals surface area contributed by atoms with Gasteiger partial charge in [0.2, 0.25) is 5.95 Å². The van der Waals surface area contributed by atoms with Gasteiger partial charge in [0.05, 0.1) is 31.8 Å². The smallest absolute Gasteiger partial charge is 0.229 e. The van der Waals surface area contributed by atoms with Gasteiger partial charge in [0.1, 0.15) is 5.82 Å². The van der Waals surface area contributed by atoms with Crippen LogP contribution in [-0.4, -0.2) is 72.5 Å². The minimum absolute atomic E-state index is 0.673. The lowest BCUT2D eigenvalue weighted by Gasteiger charge is -2.31. The topological polar surface area (TPSA) is 76.5 Å². The molecule has 2 aliphatic rings. The summed E-state index contributed by atoms with van der Waals surface area (Å²) in [5.74, 6) is 2.26. The third-order valence-corrected chi connectivity index (χ3v) is 5.06. The highest BCUT2D eigenvalue weighted by Crippen LogP contribution is 2.28. The molecule has 0 aliphatic carbocycles. The Kier molecular flexibility index (Phi) is 4.72. The highest BCUT2D eigenvalue weighted by molar-refractivity contribution is 5.88. The van der Waals surface area contributed by atoms with Gasteiger partial charge < -0.3 is 19.3 Å². The third kappa shape index (κ3) is 3.36. The van der Waals surface area contributed by atoms with Crippen LogP contribution in [0.4, 0.5) is 11.8 Å². The molecule has 2 aliphatic heterocycles. The molecule has 2 aromatic heterocycles. The van der Waals surface area contributed by atoms with Gasteiger partial charge in [-0.3, -0.25) is 0 Å². The van der Waals surface area contributed by atoms with E-state index in [1.54, 1.807) is 0 Å². The number of fused-ring (bicyclic) bond motifs is 1. The van der Waals surface area contributed by atoms with Crippen LogP contribution in [0, 0.1) is 0 Å². The van der Waals surface area contributed by atoms with Crippen LogP contribution in [0.1, 0.15) is 0 Å². The normalized spacial score (nSPS) is 17.9. The second kappa shape index (κ2) is 7.65. The number of morpholine rings is 2. The Morgan fingerprint density at radius 3 is 2.14 bits per heavy atom. The zero-order valence-electron chi connectivity index (χ0n) is 15.6. The molecular formula is C20H22N6O2. The van der Waals surface area contributed by atoms with Crippen molar-refractivity contribution in [2.24, 2.45) is 0 Å². The van der Waals surface area contributed by atoms with Crippen LogP contribution in [0.25, 0.3) is 22.4 Å². The van der Waals surface area contributed by atoms with Crippen LogP contribution in [0.2, 0.25) is 0 Å². The summed E-state index contributed by atoms with van der Waals surface area (Å²) in [4.78, 5) is 23.5. The molecule has 0 saturated carbocycles. The number of hydrogen-bond acceptors (Lipinski definition) is 8. The fourth-order valence-corrected chi connectivity index (χ4v) is 3.54. The fourth-order valence-electron chi connectivity index (χ4n) is 3.54. The predicted molar refractivity (Wildman–Crippen MR) is 107 cm³/mol. The minimum Gasteiger partial charge on any atom is -0.378 e. The summed E-state index contributed by atoms with van der Waals surface area (Å²) in [6.07, 6.45) is 1.85. The van der Waals surface area contributed by atoms with Gasteiger partial charge >= 0.3 is 0 Å². The van der Waals surface area contributed by atoms with Crippen molar-refractivity contribution in [3.8, 4) is 11.4 Å². The molecule has 0 radical (unpaired) electrons. The van der Waals surface area contributed by atoms with Crippen LogP contribution < -0.4 is 9.80 Å². The van der Waals surface area contributed by atoms with E-state index in [9.17, 15) is 0 Å². The summed E-state index contributed by atoms with van der Waals surface area (Å²) in [6, 6.07) is 9.98. The van der Waals surface area contributed by atoms with E-state index in [2.05, 4.69) is 14.8 Å². The van der Waals surface area contributed by atoms with Crippen LogP contribution in [0.3, 0.4) is 0 Å². The molecule has 0 N–H and O–H groups in total. The Bertz CT molecular complexity index is 956. The first kappa shape index (κ1) is 17.3. The van der Waals surface area contributed by atoms with Crippen molar-refractivity contribution in [2.75, 3.05) is 62.4 Å². The average molecular weight is 378 g/mol. The van der Waals surface area contributed by atoms with E-state index in [-0.39, 0.29) is 0 Å². The van der Waals surface area contributed by atoms with Crippen LogP contribution in [0.5, 0.6) is 0 Å². The first-order valence-electron chi connectivity index (χ1n) is 9.64. The summed E-state index contributed by atoms with van der Waals surface area (Å²) >= 11 is 0. The fraction of sp³-hybridized carbons (Fsp3) is 0.400. The van der Waals surface area contributed by atoms with Gasteiger partial charge in [0, 0.05) is 37.9 Å². The van der Waals surface area contributed by atoms with E-state index in [4.69, 9.17) is 24.4 Å². The van der Waals surface area contributed by atoms with Gasteiger partial charge in [-0.25, -0.2) is 9.97 Å². The molecule has 8 nitrogen and oxygen atoms in total. The van der Waals surface area contributed by atoms with Crippen molar-refractivity contribution in [1.29, 1.82) is 0 Å². The van der Waals surface area contributed by atoms with E-state index in [0.717, 1.165) is 42.9 Å². The van der Waals surface area contributed by atoms with E-state index in [1.807, 2.05) is 36.5 Å². The van der Waals surface area contributed by atoms with E-state index in [1.165, 1.54) is 0 Å². The largest absolute Gasteiger partial charge is 0.378 e. The Hall–Kier alpha value is -2.84. The Balaban J connectivity index is 1.63. The lowest BCUT2D eigenvalue weighted by Crippen LogP contribution is -2.39. The molecule has 5 rings (SSSR count). The molecule has 28 heavy (non-hydrogen) atoms. The Labute approximate surface area is 163 Å². The van der Waals surface area contributed by atoms with Gasteiger partial charge in [0.25, 0.3) is 0 Å². The van der Waals surface area contributed by atoms with E-state index >= 15 is 0 Å². The van der Waals surface area contributed by atoms with Crippen molar-refractivity contribution < 1.29 is 9.47 Å². The maximum absolute atomic E-state index is 5.51. The summed E-state index contributed by atoms with van der Waals surface area (Å²) < 4.78 is 11.0. The lowest BCUT2D eigenvalue weighted by molar-refractivity contribution is 0.121. The minimum atomic E-state index is 0.673. The molecular weight excluding hydrogens is 356 g/mol. The average Bonchev–Trinajstić information content (AvgIpc) is 2.79. The van der Waals surface area contributed by atoms with Crippen molar-refractivity contribution in [1.82, 2.24) is 19.9 Å². The van der Waals surface area contributed by atoms with Gasteiger partial charge in [-0.1, -0.05) is 30.3 Å². The van der Waals surface area contributed by atoms with Crippen molar-refractivity contribution in [3.63, 3.8) is 0 Å². The lowest BCUT2D eigenvalue weighted by atomic mass is 10.2. The summed E-state index contributed by atoms with van der Waals surface area (Å²) in [5.41, 5.74) is 1.65.